The Kier molecular flexibility index (Phi) is 6.35. The second kappa shape index (κ2) is 8.27. The summed E-state index contributed by atoms with van der Waals surface area (Å²) in [5.74, 6) is 0. The molecule has 2 N–H and O–H groups in total. The van der Waals surface area contributed by atoms with Gasteiger partial charge in [0.15, 0.2) is 18.7 Å². The van der Waals surface area contributed by atoms with Gasteiger partial charge in [-0.15, -0.1) is 0 Å². The Labute approximate surface area is 161 Å². The van der Waals surface area contributed by atoms with E-state index >= 15 is 0 Å². The molecule has 6 atom stereocenters. The second-order valence-corrected chi connectivity index (χ2v) is 8.03. The minimum absolute atomic E-state index is 0.0893. The van der Waals surface area contributed by atoms with E-state index in [-0.39, 0.29) is 6.61 Å². The van der Waals surface area contributed by atoms with Crippen LogP contribution >= 0.6 is 0 Å². The molecule has 3 rings (SSSR count). The molecule has 2 aliphatic heterocycles. The van der Waals surface area contributed by atoms with Crippen LogP contribution in [0.2, 0.25) is 0 Å². The maximum absolute atomic E-state index is 11.3. The molecular weight excluding hydrogens is 424 g/mol. The summed E-state index contributed by atoms with van der Waals surface area (Å²) in [6.45, 7) is -0.0893. The van der Waals surface area contributed by atoms with Gasteiger partial charge in [0.25, 0.3) is 0 Å². The first-order chi connectivity index (χ1) is 13.1. The molecule has 2 aliphatic rings. The van der Waals surface area contributed by atoms with E-state index in [0.717, 1.165) is 7.11 Å². The van der Waals surface area contributed by atoms with Crippen molar-refractivity contribution in [2.75, 3.05) is 13.7 Å². The van der Waals surface area contributed by atoms with E-state index in [0.29, 0.717) is 5.56 Å². The summed E-state index contributed by atoms with van der Waals surface area (Å²) in [6, 6.07) is 8.60. The van der Waals surface area contributed by atoms with Crippen molar-refractivity contribution in [2.45, 2.75) is 37.0 Å². The van der Waals surface area contributed by atoms with Crippen LogP contribution in [0.4, 0.5) is 0 Å². The van der Waals surface area contributed by atoms with Gasteiger partial charge in [0, 0.05) is 12.7 Å². The van der Waals surface area contributed by atoms with E-state index in [9.17, 15) is 16.8 Å². The fourth-order valence-corrected chi connectivity index (χ4v) is 3.99. The monoisotopic (exact) mass is 442 g/mol. The van der Waals surface area contributed by atoms with Crippen LogP contribution in [-0.2, 0) is 48.1 Å². The average molecular weight is 442 g/mol. The number of ether oxygens (including phenoxy) is 4. The summed E-state index contributed by atoms with van der Waals surface area (Å²) < 4.78 is 94.1. The van der Waals surface area contributed by atoms with Crippen LogP contribution in [0.3, 0.4) is 0 Å². The number of fused-ring (bicyclic) bond motifs is 1. The zero-order valence-electron chi connectivity index (χ0n) is 14.4. The standard InChI is InChI=1S/C14H18O12S2/c1-21-14-12(26-28(18,19)20)11(25-27(15,16)17)10-9(23-14)7-22-13(24-10)8-5-3-2-4-6-8/h2-6,9-14H,7H2,1H3,(H,15,16,17)(H,18,19,20)/t9-,10-,11+,12-,13?,14+/m1/s1. The third-order valence-electron chi connectivity index (χ3n) is 4.05. The van der Waals surface area contributed by atoms with Crippen LogP contribution in [0.5, 0.6) is 0 Å². The highest BCUT2D eigenvalue weighted by Crippen LogP contribution is 2.37. The molecule has 14 heteroatoms. The molecule has 0 spiro atoms. The fraction of sp³-hybridized carbons (Fsp3) is 0.571. The number of benzene rings is 1. The molecule has 1 aromatic carbocycles. The lowest BCUT2D eigenvalue weighted by atomic mass is 9.98. The van der Waals surface area contributed by atoms with E-state index < -0.39 is 57.8 Å². The van der Waals surface area contributed by atoms with Crippen LogP contribution < -0.4 is 0 Å². The molecule has 0 aromatic heterocycles. The Morgan fingerprint density at radius 3 is 2.14 bits per heavy atom. The quantitative estimate of drug-likeness (QED) is 0.561. The second-order valence-electron chi connectivity index (χ2n) is 5.93. The van der Waals surface area contributed by atoms with Gasteiger partial charge in [0.1, 0.15) is 18.3 Å². The lowest BCUT2D eigenvalue weighted by Crippen LogP contribution is -2.64. The van der Waals surface area contributed by atoms with Crippen molar-refractivity contribution in [2.24, 2.45) is 0 Å². The molecule has 0 bridgehead atoms. The largest absolute Gasteiger partial charge is 0.397 e. The van der Waals surface area contributed by atoms with E-state index in [4.69, 9.17) is 28.1 Å². The van der Waals surface area contributed by atoms with E-state index in [2.05, 4.69) is 8.37 Å². The Morgan fingerprint density at radius 1 is 0.964 bits per heavy atom. The number of hydrogen-bond acceptors (Lipinski definition) is 10. The molecule has 0 amide bonds. The van der Waals surface area contributed by atoms with Gasteiger partial charge < -0.3 is 18.9 Å². The summed E-state index contributed by atoms with van der Waals surface area (Å²) in [5, 5.41) is 0. The summed E-state index contributed by atoms with van der Waals surface area (Å²) in [4.78, 5) is 0. The molecule has 2 saturated heterocycles. The van der Waals surface area contributed by atoms with Crippen molar-refractivity contribution in [3.63, 3.8) is 0 Å². The normalized spacial score (nSPS) is 34.0. The predicted octanol–water partition coefficient (Wildman–Crippen LogP) is -0.152. The third-order valence-corrected chi connectivity index (χ3v) is 4.98. The Morgan fingerprint density at radius 2 is 1.57 bits per heavy atom. The van der Waals surface area contributed by atoms with Crippen LogP contribution in [0, 0.1) is 0 Å². The molecule has 2 fully saturated rings. The lowest BCUT2D eigenvalue weighted by molar-refractivity contribution is -0.351. The predicted molar refractivity (Wildman–Crippen MR) is 88.5 cm³/mol. The highest BCUT2D eigenvalue weighted by atomic mass is 32.3. The van der Waals surface area contributed by atoms with Gasteiger partial charge in [-0.2, -0.15) is 16.8 Å². The van der Waals surface area contributed by atoms with Crippen LogP contribution in [0.25, 0.3) is 0 Å². The van der Waals surface area contributed by atoms with Gasteiger partial charge in [0.05, 0.1) is 6.61 Å². The molecule has 1 aromatic rings. The maximum Gasteiger partial charge on any atom is 0.397 e. The third kappa shape index (κ3) is 5.24. The zero-order valence-corrected chi connectivity index (χ0v) is 16.0. The maximum atomic E-state index is 11.3. The summed E-state index contributed by atoms with van der Waals surface area (Å²) >= 11 is 0. The van der Waals surface area contributed by atoms with Crippen LogP contribution in [0.1, 0.15) is 11.9 Å². The molecular formula is C14H18O12S2. The molecule has 28 heavy (non-hydrogen) atoms. The van der Waals surface area contributed by atoms with Crippen molar-refractivity contribution in [1.82, 2.24) is 0 Å². The highest BCUT2D eigenvalue weighted by Gasteiger charge is 2.54. The Bertz CT molecular complexity index is 871. The topological polar surface area (TPSA) is 164 Å². The summed E-state index contributed by atoms with van der Waals surface area (Å²) in [6.07, 6.45) is -8.18. The summed E-state index contributed by atoms with van der Waals surface area (Å²) in [5.41, 5.74) is 0.590. The van der Waals surface area contributed by atoms with Gasteiger partial charge in [0.2, 0.25) is 0 Å². The van der Waals surface area contributed by atoms with Gasteiger partial charge in [-0.3, -0.25) is 9.11 Å². The zero-order chi connectivity index (χ0) is 20.5. The van der Waals surface area contributed by atoms with E-state index in [1.807, 2.05) is 0 Å². The SMILES string of the molecule is CO[C@H]1O[C@@H]2COC(c3ccccc3)O[C@H]2[C@H](OS(=O)(=O)O)[C@H]1OS(=O)(=O)O. The molecule has 12 nitrogen and oxygen atoms in total. The van der Waals surface area contributed by atoms with Crippen LogP contribution in [-0.4, -0.2) is 70.4 Å². The van der Waals surface area contributed by atoms with Crippen molar-refractivity contribution >= 4 is 20.8 Å². The van der Waals surface area contributed by atoms with Gasteiger partial charge >= 0.3 is 20.8 Å². The molecule has 0 aliphatic carbocycles. The van der Waals surface area contributed by atoms with Gasteiger partial charge in [-0.05, 0) is 0 Å². The minimum Gasteiger partial charge on any atom is -0.353 e. The Hall–Kier alpha value is -1.20. The summed E-state index contributed by atoms with van der Waals surface area (Å²) in [7, 11) is -8.99. The van der Waals surface area contributed by atoms with Crippen LogP contribution in [0.15, 0.2) is 30.3 Å². The number of rotatable bonds is 6. The lowest BCUT2D eigenvalue weighted by Gasteiger charge is -2.47. The molecule has 0 saturated carbocycles. The van der Waals surface area contributed by atoms with Crippen molar-refractivity contribution < 1.29 is 53.3 Å². The van der Waals surface area contributed by atoms with E-state index in [1.165, 1.54) is 0 Å². The molecule has 0 radical (unpaired) electrons. The Balaban J connectivity index is 1.93. The van der Waals surface area contributed by atoms with Crippen molar-refractivity contribution in [3.8, 4) is 0 Å². The first kappa shape index (κ1) is 21.5. The first-order valence-electron chi connectivity index (χ1n) is 7.89. The first-order valence-corrected chi connectivity index (χ1v) is 10.6. The van der Waals surface area contributed by atoms with Crippen molar-refractivity contribution in [1.29, 1.82) is 0 Å². The molecule has 1 unspecified atom stereocenters. The number of methoxy groups -OCH3 is 1. The van der Waals surface area contributed by atoms with Gasteiger partial charge in [-0.25, -0.2) is 8.37 Å². The minimum atomic E-state index is -5.06. The fourth-order valence-electron chi connectivity index (χ4n) is 3.01. The molecule has 2 heterocycles. The number of hydrogen-bond donors (Lipinski definition) is 2. The smallest absolute Gasteiger partial charge is 0.353 e. The van der Waals surface area contributed by atoms with Gasteiger partial charge in [-0.1, -0.05) is 30.3 Å². The average Bonchev–Trinajstić information content (AvgIpc) is 2.61. The van der Waals surface area contributed by atoms with E-state index in [1.54, 1.807) is 30.3 Å². The van der Waals surface area contributed by atoms with Crippen molar-refractivity contribution in [3.05, 3.63) is 35.9 Å². The highest BCUT2D eigenvalue weighted by molar-refractivity contribution is 7.81. The molecule has 158 valence electrons.